The van der Waals surface area contributed by atoms with Gasteiger partial charge < -0.3 is 19.4 Å². The van der Waals surface area contributed by atoms with Gasteiger partial charge in [0.1, 0.15) is 11.8 Å². The molecule has 208 valence electrons. The molecule has 0 radical (unpaired) electrons. The van der Waals surface area contributed by atoms with Gasteiger partial charge in [0.2, 0.25) is 0 Å². The van der Waals surface area contributed by atoms with Gasteiger partial charge in [0.05, 0.1) is 11.2 Å². The van der Waals surface area contributed by atoms with Crippen molar-refractivity contribution in [1.29, 1.82) is 0 Å². The summed E-state index contributed by atoms with van der Waals surface area (Å²) in [6.07, 6.45) is 3.18. The average Bonchev–Trinajstić information content (AvgIpc) is 3.40. The monoisotopic (exact) mass is 566 g/mol. The van der Waals surface area contributed by atoms with Crippen LogP contribution >= 0.6 is 11.6 Å². The van der Waals surface area contributed by atoms with Gasteiger partial charge in [-0.05, 0) is 60.8 Å². The number of amides is 1. The lowest BCUT2D eigenvalue weighted by Crippen LogP contribution is -2.41. The van der Waals surface area contributed by atoms with Crippen molar-refractivity contribution < 1.29 is 18.8 Å². The number of nitrogens with zero attached hydrogens (tertiary/aromatic N) is 1. The van der Waals surface area contributed by atoms with Crippen molar-refractivity contribution in [3.8, 4) is 11.1 Å². The molecule has 0 bridgehead atoms. The zero-order chi connectivity index (χ0) is 28.8. The van der Waals surface area contributed by atoms with Crippen LogP contribution in [0.4, 0.5) is 4.79 Å². The molecule has 1 fully saturated rings. The first-order valence-electron chi connectivity index (χ1n) is 13.8. The molecule has 41 heavy (non-hydrogen) atoms. The number of pyridine rings is 1. The van der Waals surface area contributed by atoms with Crippen LogP contribution in [0.15, 0.2) is 84.5 Å². The van der Waals surface area contributed by atoms with Gasteiger partial charge in [-0.3, -0.25) is 0 Å². The fourth-order valence-electron chi connectivity index (χ4n) is 5.52. The first-order valence-corrected chi connectivity index (χ1v) is 14.2. The van der Waals surface area contributed by atoms with E-state index >= 15 is 0 Å². The Morgan fingerprint density at radius 3 is 2.12 bits per heavy atom. The summed E-state index contributed by atoms with van der Waals surface area (Å²) in [6, 6.07) is 24.4. The molecule has 1 aliphatic carbocycles. The fourth-order valence-corrected chi connectivity index (χ4v) is 5.73. The third kappa shape index (κ3) is 5.14. The van der Waals surface area contributed by atoms with Crippen molar-refractivity contribution in [1.82, 2.24) is 10.3 Å². The quantitative estimate of drug-likeness (QED) is 0.194. The lowest BCUT2D eigenvalue weighted by atomic mass is 9.76. The number of fused-ring (bicyclic) bond motifs is 4. The van der Waals surface area contributed by atoms with Crippen LogP contribution in [0.1, 0.15) is 50.3 Å². The van der Waals surface area contributed by atoms with Gasteiger partial charge in [-0.2, -0.15) is 0 Å². The maximum absolute atomic E-state index is 13.0. The van der Waals surface area contributed by atoms with Gasteiger partial charge in [0.15, 0.2) is 0 Å². The summed E-state index contributed by atoms with van der Waals surface area (Å²) in [4.78, 5) is 17.4. The molecule has 2 heterocycles. The van der Waals surface area contributed by atoms with E-state index in [9.17, 15) is 4.79 Å². The minimum absolute atomic E-state index is 0.0160. The van der Waals surface area contributed by atoms with Crippen LogP contribution in [0.25, 0.3) is 28.0 Å². The van der Waals surface area contributed by atoms with Gasteiger partial charge in [0, 0.05) is 29.6 Å². The van der Waals surface area contributed by atoms with Gasteiger partial charge >= 0.3 is 13.2 Å². The number of carbonyl (C=O) groups excluding carboxylic acids is 1. The largest absolute Gasteiger partial charge is 0.492 e. The lowest BCUT2D eigenvalue weighted by molar-refractivity contribution is 0.00578. The number of nitrogens with one attached hydrogen (secondary N) is 1. The number of rotatable bonds is 6. The number of ether oxygens (including phenoxy) is 1. The summed E-state index contributed by atoms with van der Waals surface area (Å²) in [7, 11) is -0.664. The Bertz CT molecular complexity index is 1610. The number of aromatic nitrogens is 1. The highest BCUT2D eigenvalue weighted by Gasteiger charge is 2.52. The zero-order valence-corrected chi connectivity index (χ0v) is 24.4. The summed E-state index contributed by atoms with van der Waals surface area (Å²) < 4.78 is 18.5. The Kier molecular flexibility index (Phi) is 7.14. The molecule has 0 unspecified atom stereocenters. The molecule has 1 saturated heterocycles. The lowest BCUT2D eigenvalue weighted by Gasteiger charge is -2.32. The van der Waals surface area contributed by atoms with Crippen molar-refractivity contribution in [3.63, 3.8) is 0 Å². The van der Waals surface area contributed by atoms with Crippen LogP contribution in [0.2, 0.25) is 5.15 Å². The molecule has 2 aliphatic rings. The van der Waals surface area contributed by atoms with E-state index < -0.39 is 24.4 Å². The maximum Gasteiger partial charge on any atom is 0.492 e. The number of hydrogen-bond acceptors (Lipinski definition) is 5. The molecule has 6 nitrogen and oxygen atoms in total. The van der Waals surface area contributed by atoms with Crippen molar-refractivity contribution in [2.75, 3.05) is 13.2 Å². The fraction of sp³-hybridized carbons (Fsp3) is 0.273. The van der Waals surface area contributed by atoms with Crippen LogP contribution < -0.4 is 5.32 Å². The van der Waals surface area contributed by atoms with E-state index in [1.165, 1.54) is 22.3 Å². The second-order valence-corrected chi connectivity index (χ2v) is 11.9. The summed E-state index contributed by atoms with van der Waals surface area (Å²) in [6.45, 7) is 8.42. The molecule has 0 atom stereocenters. The second-order valence-electron chi connectivity index (χ2n) is 11.5. The highest BCUT2D eigenvalue weighted by atomic mass is 35.5. The predicted molar refractivity (Wildman–Crippen MR) is 164 cm³/mol. The van der Waals surface area contributed by atoms with Crippen LogP contribution in [-0.4, -0.2) is 42.5 Å². The predicted octanol–water partition coefficient (Wildman–Crippen LogP) is 7.44. The minimum atomic E-state index is -0.664. The van der Waals surface area contributed by atoms with Crippen molar-refractivity contribution in [2.24, 2.45) is 0 Å². The van der Waals surface area contributed by atoms with E-state index in [2.05, 4.69) is 34.6 Å². The number of alkyl carbamates (subject to hydrolysis) is 1. The molecule has 3 aromatic carbocycles. The molecule has 8 heteroatoms. The van der Waals surface area contributed by atoms with Crippen molar-refractivity contribution in [3.05, 3.63) is 106 Å². The third-order valence-corrected chi connectivity index (χ3v) is 8.76. The minimum Gasteiger partial charge on any atom is -0.449 e. The highest BCUT2D eigenvalue weighted by Crippen LogP contribution is 2.44. The number of benzene rings is 3. The van der Waals surface area contributed by atoms with E-state index in [-0.39, 0.29) is 19.1 Å². The molecule has 0 spiro atoms. The Morgan fingerprint density at radius 1 is 0.927 bits per heavy atom. The van der Waals surface area contributed by atoms with Gasteiger partial charge in [-0.25, -0.2) is 9.78 Å². The van der Waals surface area contributed by atoms with E-state index in [0.717, 1.165) is 21.8 Å². The van der Waals surface area contributed by atoms with Crippen LogP contribution in [0, 0.1) is 0 Å². The molecular formula is C33H32BClN2O4. The van der Waals surface area contributed by atoms with E-state index in [0.29, 0.717) is 5.15 Å². The molecule has 1 N–H and O–H groups in total. The molecule has 0 saturated carbocycles. The highest BCUT2D eigenvalue weighted by molar-refractivity contribution is 6.56. The first-order chi connectivity index (χ1) is 19.6. The Balaban J connectivity index is 1.22. The van der Waals surface area contributed by atoms with Gasteiger partial charge in [0.25, 0.3) is 0 Å². The molecule has 6 rings (SSSR count). The van der Waals surface area contributed by atoms with Crippen LogP contribution in [0.3, 0.4) is 0 Å². The molecular weight excluding hydrogens is 535 g/mol. The standard InChI is InChI=1S/C33H32BClN2O4/c1-32(2)33(3,4)41-34(40-32)22(17-21-18-36-30(35)28-16-10-5-11-23(21)28)19-37-31(38)39-20-29-26-14-8-6-12-24(26)25-13-7-9-15-27(25)29/h5-18,29H,19-20H2,1-4H3,(H,37,38). The van der Waals surface area contributed by atoms with Gasteiger partial charge in [-0.15, -0.1) is 0 Å². The smallest absolute Gasteiger partial charge is 0.449 e. The molecule has 1 aliphatic heterocycles. The second kappa shape index (κ2) is 10.6. The normalized spacial score (nSPS) is 17.4. The van der Waals surface area contributed by atoms with Crippen LogP contribution in [-0.2, 0) is 14.0 Å². The zero-order valence-electron chi connectivity index (χ0n) is 23.6. The summed E-state index contributed by atoms with van der Waals surface area (Å²) in [5.74, 6) is -0.0160. The maximum atomic E-state index is 13.0. The molecule has 4 aromatic rings. The first kappa shape index (κ1) is 27.5. The van der Waals surface area contributed by atoms with Crippen molar-refractivity contribution in [2.45, 2.75) is 44.8 Å². The third-order valence-electron chi connectivity index (χ3n) is 8.45. The topological polar surface area (TPSA) is 69.7 Å². The number of carbonyl (C=O) groups is 1. The van der Waals surface area contributed by atoms with E-state index in [4.69, 9.17) is 25.6 Å². The van der Waals surface area contributed by atoms with Gasteiger partial charge in [-0.1, -0.05) is 90.5 Å². The Hall–Kier alpha value is -3.65. The Morgan fingerprint density at radius 2 is 1.49 bits per heavy atom. The summed E-state index contributed by atoms with van der Waals surface area (Å²) >= 11 is 6.37. The SMILES string of the molecule is CC1(C)OB(C(=Cc2cnc(Cl)c3ccccc23)CNC(=O)OCC2c3ccccc3-c3ccccc32)OC1(C)C. The molecule has 1 amide bonds. The van der Waals surface area contributed by atoms with E-state index in [1.54, 1.807) is 6.20 Å². The summed E-state index contributed by atoms with van der Waals surface area (Å²) in [5, 5.41) is 5.16. The molecule has 1 aromatic heterocycles. The van der Waals surface area contributed by atoms with Crippen molar-refractivity contribution >= 4 is 41.7 Å². The number of halogens is 1. The van der Waals surface area contributed by atoms with Crippen LogP contribution in [0.5, 0.6) is 0 Å². The summed E-state index contributed by atoms with van der Waals surface area (Å²) in [5.41, 5.74) is 5.22. The number of hydrogen-bond donors (Lipinski definition) is 1. The Labute approximate surface area is 245 Å². The van der Waals surface area contributed by atoms with E-state index in [1.807, 2.05) is 82.3 Å². The average molecular weight is 567 g/mol.